The Morgan fingerprint density at radius 2 is 2.00 bits per heavy atom. The normalized spacial score (nSPS) is 31.8. The summed E-state index contributed by atoms with van der Waals surface area (Å²) in [5, 5.41) is 13.0. The summed E-state index contributed by atoms with van der Waals surface area (Å²) in [6.45, 7) is -1.10. The average Bonchev–Trinajstić information content (AvgIpc) is 3.56. The number of anilines is 3. The Balaban J connectivity index is 1.20. The van der Waals surface area contributed by atoms with Crippen molar-refractivity contribution in [3.8, 4) is 0 Å². The maximum absolute atomic E-state index is 13.4. The number of nitrogens with one attached hydrogen (secondary N) is 3. The van der Waals surface area contributed by atoms with Crippen LogP contribution >= 0.6 is 0 Å². The zero-order valence-electron chi connectivity index (χ0n) is 22.5. The third kappa shape index (κ3) is 3.33. The van der Waals surface area contributed by atoms with Crippen LogP contribution in [0.1, 0.15) is 46.3 Å². The number of aromatic nitrogens is 4. The van der Waals surface area contributed by atoms with E-state index in [9.17, 15) is 9.59 Å². The number of hydrogen-bond acceptors (Lipinski definition) is 8. The molecule has 2 saturated carbocycles. The third-order valence-electron chi connectivity index (χ3n) is 8.15. The van der Waals surface area contributed by atoms with Crippen molar-refractivity contribution in [3.05, 3.63) is 46.6 Å². The van der Waals surface area contributed by atoms with E-state index in [2.05, 4.69) is 26.0 Å². The van der Waals surface area contributed by atoms with Gasteiger partial charge < -0.3 is 30.0 Å². The van der Waals surface area contributed by atoms with Crippen LogP contribution in [0.2, 0.25) is 0 Å². The topological polar surface area (TPSA) is 124 Å². The first-order chi connectivity index (χ1) is 18.7. The van der Waals surface area contributed by atoms with Gasteiger partial charge in [0.2, 0.25) is 0 Å². The molecule has 188 valence electrons. The number of pyridine rings is 1. The van der Waals surface area contributed by atoms with Gasteiger partial charge in [0.15, 0.2) is 17.2 Å². The van der Waals surface area contributed by atoms with Gasteiger partial charge in [0, 0.05) is 36.6 Å². The van der Waals surface area contributed by atoms with Gasteiger partial charge in [-0.15, -0.1) is 5.10 Å². The molecule has 2 aliphatic carbocycles. The number of ether oxygens (including phenoxy) is 2. The van der Waals surface area contributed by atoms with Crippen LogP contribution in [0.25, 0.3) is 5.65 Å². The number of rotatable bonds is 6. The van der Waals surface area contributed by atoms with Crippen LogP contribution in [0.15, 0.2) is 35.4 Å². The van der Waals surface area contributed by atoms with Crippen LogP contribution in [-0.4, -0.2) is 63.5 Å². The molecule has 0 aromatic carbocycles. The number of carbonyl (C=O) groups excluding carboxylic acids is 1. The largest absolute Gasteiger partial charge is 0.385 e. The van der Waals surface area contributed by atoms with Gasteiger partial charge in [0.05, 0.1) is 36.2 Å². The summed E-state index contributed by atoms with van der Waals surface area (Å²) < 4.78 is 37.6. The first kappa shape index (κ1) is 18.8. The Kier molecular flexibility index (Phi) is 4.33. The van der Waals surface area contributed by atoms with E-state index < -0.39 is 6.98 Å². The maximum atomic E-state index is 13.4. The summed E-state index contributed by atoms with van der Waals surface area (Å²) in [4.78, 5) is 30.8. The Labute approximate surface area is 211 Å². The standard InChI is InChI=1S/C25H29N7O4/c1-26-17-11-20(28-15-3-2-6-31(25(15)34)18-10-14-5-8-36-22(14)18)30-32-19(12-27-23(17)32)24(33)29-16-9-13-4-7-35-21(13)16/h2-3,6,11-14,16,18,21-22,26H,4-5,7-10H2,1H3,(H,28,30)(H,29,33)/t13-,14-,16-,18-,21-,22-/m1/s1/i1D3. The van der Waals surface area contributed by atoms with Crippen LogP contribution in [0, 0.1) is 11.8 Å². The zero-order chi connectivity index (χ0) is 26.9. The number of amides is 1. The fourth-order valence-corrected chi connectivity index (χ4v) is 6.13. The molecule has 0 bridgehead atoms. The molecule has 4 fully saturated rings. The molecule has 6 atom stereocenters. The van der Waals surface area contributed by atoms with Crippen molar-refractivity contribution >= 4 is 28.7 Å². The molecule has 3 N–H and O–H groups in total. The number of fused-ring (bicyclic) bond motifs is 3. The lowest BCUT2D eigenvalue weighted by atomic mass is 9.76. The fourth-order valence-electron chi connectivity index (χ4n) is 6.13. The van der Waals surface area contributed by atoms with Crippen molar-refractivity contribution < 1.29 is 18.4 Å². The Bertz CT molecular complexity index is 1510. The molecule has 11 heteroatoms. The first-order valence-electron chi connectivity index (χ1n) is 13.9. The summed E-state index contributed by atoms with van der Waals surface area (Å²) in [6, 6.07) is 4.78. The van der Waals surface area contributed by atoms with Gasteiger partial charge in [-0.1, -0.05) is 0 Å². The molecule has 2 saturated heterocycles. The maximum Gasteiger partial charge on any atom is 0.274 e. The molecule has 5 heterocycles. The van der Waals surface area contributed by atoms with Gasteiger partial charge in [-0.3, -0.25) is 9.59 Å². The van der Waals surface area contributed by atoms with E-state index in [1.165, 1.54) is 16.8 Å². The number of hydrogen-bond donors (Lipinski definition) is 3. The van der Waals surface area contributed by atoms with Gasteiger partial charge in [0.1, 0.15) is 5.69 Å². The van der Waals surface area contributed by atoms with Crippen LogP contribution in [-0.2, 0) is 9.47 Å². The van der Waals surface area contributed by atoms with Gasteiger partial charge in [-0.05, 0) is 49.7 Å². The third-order valence-corrected chi connectivity index (χ3v) is 8.15. The van der Waals surface area contributed by atoms with Gasteiger partial charge >= 0.3 is 0 Å². The van der Waals surface area contributed by atoms with E-state index in [4.69, 9.17) is 13.6 Å². The highest BCUT2D eigenvalue weighted by Gasteiger charge is 2.47. The zero-order valence-corrected chi connectivity index (χ0v) is 19.5. The summed E-state index contributed by atoms with van der Waals surface area (Å²) >= 11 is 0. The second kappa shape index (κ2) is 8.31. The van der Waals surface area contributed by atoms with E-state index in [0.717, 1.165) is 32.3 Å². The van der Waals surface area contributed by atoms with Gasteiger partial charge in [-0.25, -0.2) is 9.50 Å². The number of nitrogens with zero attached hydrogens (tertiary/aromatic N) is 4. The van der Waals surface area contributed by atoms with E-state index in [1.54, 1.807) is 22.9 Å². The van der Waals surface area contributed by atoms with Crippen LogP contribution < -0.4 is 21.5 Å². The van der Waals surface area contributed by atoms with E-state index >= 15 is 0 Å². The molecule has 36 heavy (non-hydrogen) atoms. The molecule has 0 unspecified atom stereocenters. The predicted molar refractivity (Wildman–Crippen MR) is 132 cm³/mol. The molecule has 1 amide bonds. The monoisotopic (exact) mass is 494 g/mol. The lowest BCUT2D eigenvalue weighted by Crippen LogP contribution is -2.54. The molecular formula is C25H29N7O4. The molecule has 11 nitrogen and oxygen atoms in total. The van der Waals surface area contributed by atoms with Crippen molar-refractivity contribution in [1.29, 1.82) is 0 Å². The van der Waals surface area contributed by atoms with Crippen molar-refractivity contribution in [1.82, 2.24) is 24.5 Å². The predicted octanol–water partition coefficient (Wildman–Crippen LogP) is 1.93. The lowest BCUT2D eigenvalue weighted by Gasteiger charge is -2.40. The Hall–Kier alpha value is -3.44. The minimum absolute atomic E-state index is 0.0196. The Morgan fingerprint density at radius 3 is 2.81 bits per heavy atom. The summed E-state index contributed by atoms with van der Waals surface area (Å²) in [5.41, 5.74) is 0.508. The van der Waals surface area contributed by atoms with E-state index in [0.29, 0.717) is 18.4 Å². The molecule has 4 aliphatic rings. The molecule has 0 spiro atoms. The summed E-state index contributed by atoms with van der Waals surface area (Å²) in [6.07, 6.45) is 6.96. The average molecular weight is 495 g/mol. The van der Waals surface area contributed by atoms with Crippen molar-refractivity contribution in [2.75, 3.05) is 30.8 Å². The highest BCUT2D eigenvalue weighted by molar-refractivity contribution is 5.94. The fraction of sp³-hybridized carbons (Fsp3) is 0.520. The second-order valence-electron chi connectivity index (χ2n) is 10.1. The molecule has 0 radical (unpaired) electrons. The van der Waals surface area contributed by atoms with Gasteiger partial charge in [0.25, 0.3) is 11.5 Å². The lowest BCUT2D eigenvalue weighted by molar-refractivity contribution is -0.0195. The minimum atomic E-state index is -2.52. The highest BCUT2D eigenvalue weighted by Crippen LogP contribution is 2.45. The SMILES string of the molecule is [2H]C([2H])([2H])Nc1cc(Nc2cccn([C@@H]3C[C@H]4CCO[C@H]43)c2=O)nn2c(C(=O)N[C@@H]3C[C@H]4CCO[C@H]43)cnc12. The van der Waals surface area contributed by atoms with Crippen LogP contribution in [0.4, 0.5) is 17.2 Å². The molecular weight excluding hydrogens is 462 g/mol. The summed E-state index contributed by atoms with van der Waals surface area (Å²) in [5.74, 6) is 0.766. The van der Waals surface area contributed by atoms with E-state index in [-0.39, 0.29) is 64.3 Å². The molecule has 2 aliphatic heterocycles. The van der Waals surface area contributed by atoms with Crippen molar-refractivity contribution in [2.45, 2.75) is 50.0 Å². The van der Waals surface area contributed by atoms with Crippen LogP contribution in [0.5, 0.6) is 0 Å². The van der Waals surface area contributed by atoms with E-state index in [1.807, 2.05) is 0 Å². The van der Waals surface area contributed by atoms with Gasteiger partial charge in [-0.2, -0.15) is 0 Å². The molecule has 7 rings (SSSR count). The van der Waals surface area contributed by atoms with Crippen molar-refractivity contribution in [3.63, 3.8) is 0 Å². The minimum Gasteiger partial charge on any atom is -0.385 e. The quantitative estimate of drug-likeness (QED) is 0.475. The second-order valence-corrected chi connectivity index (χ2v) is 10.1. The van der Waals surface area contributed by atoms with Crippen LogP contribution in [0.3, 0.4) is 0 Å². The first-order valence-corrected chi connectivity index (χ1v) is 12.4. The smallest absolute Gasteiger partial charge is 0.274 e. The van der Waals surface area contributed by atoms with Crippen molar-refractivity contribution in [2.24, 2.45) is 11.8 Å². The number of carbonyl (C=O) groups is 1. The summed E-state index contributed by atoms with van der Waals surface area (Å²) in [7, 11) is 0. The molecule has 3 aromatic rings. The highest BCUT2D eigenvalue weighted by atomic mass is 16.5. The number of imidazole rings is 1. The molecule has 3 aromatic heterocycles. The Morgan fingerprint density at radius 1 is 1.17 bits per heavy atom.